The number of nitrogens with zero attached hydrogens (tertiary/aromatic N) is 1. The molecule has 1 aliphatic rings. The third kappa shape index (κ3) is 4.58. The molecule has 8 heteroatoms. The maximum Gasteiger partial charge on any atom is 0.315 e. The van der Waals surface area contributed by atoms with E-state index < -0.39 is 21.4 Å². The van der Waals surface area contributed by atoms with Crippen LogP contribution >= 0.6 is 0 Å². The van der Waals surface area contributed by atoms with Gasteiger partial charge in [-0.25, -0.2) is 12.7 Å². The first-order valence-corrected chi connectivity index (χ1v) is 10.0. The number of hydrogen-bond acceptors (Lipinski definition) is 4. The number of amides is 1. The summed E-state index contributed by atoms with van der Waals surface area (Å²) >= 11 is 0. The van der Waals surface area contributed by atoms with E-state index in [4.69, 9.17) is 0 Å². The molecule has 1 saturated heterocycles. The van der Waals surface area contributed by atoms with Crippen molar-refractivity contribution in [3.8, 4) is 0 Å². The van der Waals surface area contributed by atoms with Crippen molar-refractivity contribution in [1.82, 2.24) is 9.62 Å². The summed E-state index contributed by atoms with van der Waals surface area (Å²) < 4.78 is 24.4. The van der Waals surface area contributed by atoms with Gasteiger partial charge in [-0.1, -0.05) is 30.3 Å². The van der Waals surface area contributed by atoms with Gasteiger partial charge in [0, 0.05) is 25.6 Å². The lowest BCUT2D eigenvalue weighted by Crippen LogP contribution is -2.48. The molecule has 0 radical (unpaired) electrons. The molecule has 1 amide bonds. The Kier molecular flexibility index (Phi) is 5.84. The summed E-state index contributed by atoms with van der Waals surface area (Å²) in [5.74, 6) is -1.53. The van der Waals surface area contributed by atoms with Gasteiger partial charge >= 0.3 is 5.97 Å². The van der Waals surface area contributed by atoms with Crippen LogP contribution in [0.1, 0.15) is 25.3 Å². The molecule has 2 N–H and O–H groups in total. The average Bonchev–Trinajstić information content (AvgIpc) is 2.59. The normalized spacial score (nSPS) is 19.1. The molecule has 1 aliphatic heterocycles. The molecule has 138 valence electrons. The quantitative estimate of drug-likeness (QED) is 0.774. The smallest absolute Gasteiger partial charge is 0.315 e. The molecular weight excluding hydrogens is 344 g/mol. The number of carboxylic acids is 1. The lowest BCUT2D eigenvalue weighted by atomic mass is 9.82. The highest BCUT2D eigenvalue weighted by Gasteiger charge is 2.37. The van der Waals surface area contributed by atoms with E-state index in [1.807, 2.05) is 0 Å². The van der Waals surface area contributed by atoms with Gasteiger partial charge in [-0.2, -0.15) is 0 Å². The Balaban J connectivity index is 1.98. The third-order valence-corrected chi connectivity index (χ3v) is 6.10. The predicted molar refractivity (Wildman–Crippen MR) is 93.6 cm³/mol. The zero-order valence-electron chi connectivity index (χ0n) is 14.4. The van der Waals surface area contributed by atoms with E-state index in [1.54, 1.807) is 37.3 Å². The van der Waals surface area contributed by atoms with Crippen LogP contribution in [0.4, 0.5) is 0 Å². The second kappa shape index (κ2) is 7.53. The summed E-state index contributed by atoms with van der Waals surface area (Å²) in [4.78, 5) is 24.1. The number of rotatable bonds is 6. The van der Waals surface area contributed by atoms with E-state index in [1.165, 1.54) is 4.31 Å². The Bertz CT molecular complexity index is 727. The van der Waals surface area contributed by atoms with Gasteiger partial charge in [-0.05, 0) is 25.3 Å². The minimum Gasteiger partial charge on any atom is -0.481 e. The predicted octanol–water partition coefficient (Wildman–Crippen LogP) is 0.817. The first-order valence-electron chi connectivity index (χ1n) is 8.16. The summed E-state index contributed by atoms with van der Waals surface area (Å²) in [6, 6.07) is 8.79. The maximum atomic E-state index is 12.4. The molecule has 0 bridgehead atoms. The van der Waals surface area contributed by atoms with E-state index in [2.05, 4.69) is 5.32 Å². The van der Waals surface area contributed by atoms with Crippen molar-refractivity contribution in [1.29, 1.82) is 0 Å². The molecule has 2 rings (SSSR count). The van der Waals surface area contributed by atoms with E-state index >= 15 is 0 Å². The number of carbonyl (C=O) groups is 2. The molecule has 1 fully saturated rings. The highest BCUT2D eigenvalue weighted by Crippen LogP contribution is 2.24. The van der Waals surface area contributed by atoms with Crippen LogP contribution in [-0.2, 0) is 25.0 Å². The van der Waals surface area contributed by atoms with Crippen LogP contribution in [0.5, 0.6) is 0 Å². The second-order valence-corrected chi connectivity index (χ2v) is 8.64. The number of nitrogens with one attached hydrogen (secondary N) is 1. The van der Waals surface area contributed by atoms with Crippen LogP contribution in [0.25, 0.3) is 0 Å². The summed E-state index contributed by atoms with van der Waals surface area (Å²) in [5, 5.41) is 12.3. The molecule has 0 saturated carbocycles. The van der Waals surface area contributed by atoms with Crippen molar-refractivity contribution in [2.24, 2.45) is 5.92 Å². The molecule has 1 heterocycles. The highest BCUT2D eigenvalue weighted by atomic mass is 32.2. The largest absolute Gasteiger partial charge is 0.481 e. The third-order valence-electron chi connectivity index (χ3n) is 4.79. The van der Waals surface area contributed by atoms with Gasteiger partial charge in [0.25, 0.3) is 0 Å². The van der Waals surface area contributed by atoms with E-state index in [0.717, 1.165) is 6.26 Å². The van der Waals surface area contributed by atoms with Gasteiger partial charge in [0.05, 0.1) is 6.26 Å². The first-order chi connectivity index (χ1) is 11.6. The lowest BCUT2D eigenvalue weighted by Gasteiger charge is -2.31. The van der Waals surface area contributed by atoms with Crippen molar-refractivity contribution in [3.05, 3.63) is 35.9 Å². The SMILES string of the molecule is CC(CNC(=O)C1CCN(S(C)(=O)=O)CC1)(C(=O)O)c1ccccc1. The zero-order chi connectivity index (χ0) is 18.7. The molecule has 1 unspecified atom stereocenters. The van der Waals surface area contributed by atoms with E-state index in [9.17, 15) is 23.1 Å². The average molecular weight is 368 g/mol. The molecule has 7 nitrogen and oxygen atoms in total. The summed E-state index contributed by atoms with van der Waals surface area (Å²) in [7, 11) is -3.23. The molecule has 1 atom stereocenters. The Morgan fingerprint density at radius 2 is 1.80 bits per heavy atom. The molecule has 25 heavy (non-hydrogen) atoms. The van der Waals surface area contributed by atoms with Crippen LogP contribution in [0.15, 0.2) is 30.3 Å². The minimum absolute atomic E-state index is 0.0164. The van der Waals surface area contributed by atoms with Crippen LogP contribution in [-0.4, -0.2) is 55.6 Å². The molecule has 1 aromatic rings. The Morgan fingerprint density at radius 1 is 1.24 bits per heavy atom. The maximum absolute atomic E-state index is 12.4. The van der Waals surface area contributed by atoms with Gasteiger partial charge in [-0.15, -0.1) is 0 Å². The number of piperidine rings is 1. The number of carbonyl (C=O) groups excluding carboxylic acids is 1. The standard InChI is InChI=1S/C17H24N2O5S/c1-17(16(21)22,14-6-4-3-5-7-14)12-18-15(20)13-8-10-19(11-9-13)25(2,23)24/h3-7,13H,8-12H2,1-2H3,(H,18,20)(H,21,22). The van der Waals surface area contributed by atoms with Crippen molar-refractivity contribution in [3.63, 3.8) is 0 Å². The molecule has 1 aromatic carbocycles. The number of benzene rings is 1. The number of sulfonamides is 1. The van der Waals surface area contributed by atoms with Gasteiger partial charge in [0.2, 0.25) is 15.9 Å². The number of hydrogen-bond donors (Lipinski definition) is 2. The molecule has 0 aromatic heterocycles. The molecule has 0 aliphatic carbocycles. The topological polar surface area (TPSA) is 104 Å². The van der Waals surface area contributed by atoms with Crippen molar-refractivity contribution in [2.75, 3.05) is 25.9 Å². The van der Waals surface area contributed by atoms with Crippen molar-refractivity contribution in [2.45, 2.75) is 25.2 Å². The molecule has 0 spiro atoms. The van der Waals surface area contributed by atoms with Crippen molar-refractivity contribution < 1.29 is 23.1 Å². The Hall–Kier alpha value is -1.93. The summed E-state index contributed by atoms with van der Waals surface area (Å²) in [5.41, 5.74) is -0.598. The fourth-order valence-corrected chi connectivity index (χ4v) is 3.84. The van der Waals surface area contributed by atoms with Gasteiger partial charge in [-0.3, -0.25) is 9.59 Å². The fraction of sp³-hybridized carbons (Fsp3) is 0.529. The van der Waals surface area contributed by atoms with Crippen LogP contribution in [0, 0.1) is 5.92 Å². The van der Waals surface area contributed by atoms with Gasteiger partial charge in [0.15, 0.2) is 0 Å². The fourth-order valence-electron chi connectivity index (χ4n) is 2.97. The van der Waals surface area contributed by atoms with Crippen LogP contribution < -0.4 is 5.32 Å². The van der Waals surface area contributed by atoms with E-state index in [0.29, 0.717) is 31.5 Å². The Labute approximate surface area is 148 Å². The summed E-state index contributed by atoms with van der Waals surface area (Å²) in [6.45, 7) is 2.19. The lowest BCUT2D eigenvalue weighted by molar-refractivity contribution is -0.143. The van der Waals surface area contributed by atoms with Crippen LogP contribution in [0.3, 0.4) is 0 Å². The monoisotopic (exact) mass is 368 g/mol. The second-order valence-electron chi connectivity index (χ2n) is 6.66. The zero-order valence-corrected chi connectivity index (χ0v) is 15.3. The van der Waals surface area contributed by atoms with Crippen molar-refractivity contribution >= 4 is 21.9 Å². The number of carboxylic acid groups (broad SMARTS) is 1. The number of aliphatic carboxylic acids is 1. The minimum atomic E-state index is -3.23. The summed E-state index contributed by atoms with van der Waals surface area (Å²) in [6.07, 6.45) is 2.04. The van der Waals surface area contributed by atoms with Gasteiger partial charge < -0.3 is 10.4 Å². The Morgan fingerprint density at radius 3 is 2.28 bits per heavy atom. The highest BCUT2D eigenvalue weighted by molar-refractivity contribution is 7.88. The first kappa shape index (κ1) is 19.4. The van der Waals surface area contributed by atoms with E-state index in [-0.39, 0.29) is 18.4 Å². The van der Waals surface area contributed by atoms with Gasteiger partial charge in [0.1, 0.15) is 5.41 Å². The molecular formula is C17H24N2O5S. The van der Waals surface area contributed by atoms with Crippen LogP contribution in [0.2, 0.25) is 0 Å².